The molecule has 0 bridgehead atoms. The fourth-order valence-electron chi connectivity index (χ4n) is 4.29. The summed E-state index contributed by atoms with van der Waals surface area (Å²) in [5.74, 6) is 1.60. The minimum atomic E-state index is 0.698. The van der Waals surface area contributed by atoms with Gasteiger partial charge in [-0.1, -0.05) is 127 Å². The van der Waals surface area contributed by atoms with Crippen LogP contribution in [0.5, 0.6) is 0 Å². The number of nitrogens with zero attached hydrogens (tertiary/aromatic N) is 1. The van der Waals surface area contributed by atoms with E-state index in [2.05, 4.69) is 113 Å². The lowest BCUT2D eigenvalue weighted by Crippen LogP contribution is -2.27. The van der Waals surface area contributed by atoms with Crippen LogP contribution in [-0.4, -0.2) is 31.1 Å². The van der Waals surface area contributed by atoms with Gasteiger partial charge in [0.05, 0.1) is 0 Å². The van der Waals surface area contributed by atoms with Crippen molar-refractivity contribution >= 4 is 0 Å². The van der Waals surface area contributed by atoms with Gasteiger partial charge in [-0.05, 0) is 63.2 Å². The van der Waals surface area contributed by atoms with Crippen LogP contribution in [0.2, 0.25) is 0 Å². The zero-order valence-electron chi connectivity index (χ0n) is 23.6. The summed E-state index contributed by atoms with van der Waals surface area (Å²) in [4.78, 5) is 2.57. The molecule has 2 aromatic carbocycles. The first-order valence-corrected chi connectivity index (χ1v) is 13.9. The van der Waals surface area contributed by atoms with Gasteiger partial charge >= 0.3 is 0 Å². The first kappa shape index (κ1) is 32.4. The van der Waals surface area contributed by atoms with Gasteiger partial charge in [0.1, 0.15) is 0 Å². The van der Waals surface area contributed by atoms with Crippen LogP contribution in [0, 0.1) is 5.92 Å². The van der Waals surface area contributed by atoms with Crippen molar-refractivity contribution in [1.82, 2.24) is 4.90 Å². The van der Waals surface area contributed by atoms with Crippen LogP contribution in [0.4, 0.5) is 0 Å². The highest BCUT2D eigenvalue weighted by Crippen LogP contribution is 2.27. The molecule has 3 rings (SSSR count). The number of unbranched alkanes of at least 4 members (excludes halogenated alkanes) is 3. The molecule has 0 saturated carbocycles. The molecule has 2 atom stereocenters. The number of nitrogens with two attached hydrogens (primary N) is 1. The average molecular weight is 469 g/mol. The summed E-state index contributed by atoms with van der Waals surface area (Å²) >= 11 is 0. The molecule has 2 heteroatoms. The second-order valence-electron chi connectivity index (χ2n) is 9.84. The van der Waals surface area contributed by atoms with E-state index in [-0.39, 0.29) is 0 Å². The zero-order chi connectivity index (χ0) is 25.6. The fourth-order valence-corrected chi connectivity index (χ4v) is 4.29. The first-order valence-electron chi connectivity index (χ1n) is 13.9. The molecular weight excluding hydrogens is 412 g/mol. The highest BCUT2D eigenvalue weighted by molar-refractivity contribution is 5.21. The van der Waals surface area contributed by atoms with Gasteiger partial charge in [-0.25, -0.2) is 0 Å². The van der Waals surface area contributed by atoms with Crippen LogP contribution < -0.4 is 5.73 Å². The third-order valence-corrected chi connectivity index (χ3v) is 6.20. The van der Waals surface area contributed by atoms with Crippen molar-refractivity contribution in [2.75, 3.05) is 20.1 Å². The minimum absolute atomic E-state index is 0.698. The number of benzene rings is 2. The second kappa shape index (κ2) is 21.9. The Bertz CT molecular complexity index is 653. The highest BCUT2D eigenvalue weighted by Gasteiger charge is 2.24. The van der Waals surface area contributed by atoms with Crippen molar-refractivity contribution in [3.63, 3.8) is 0 Å². The van der Waals surface area contributed by atoms with E-state index in [1.165, 1.54) is 82.6 Å². The van der Waals surface area contributed by atoms with Gasteiger partial charge in [-0.3, -0.25) is 0 Å². The quantitative estimate of drug-likeness (QED) is 0.373. The van der Waals surface area contributed by atoms with Gasteiger partial charge in [0.2, 0.25) is 0 Å². The van der Waals surface area contributed by atoms with Crippen molar-refractivity contribution in [1.29, 1.82) is 0 Å². The highest BCUT2D eigenvalue weighted by atomic mass is 15.2. The lowest BCUT2D eigenvalue weighted by atomic mass is 9.95. The molecule has 34 heavy (non-hydrogen) atoms. The third kappa shape index (κ3) is 15.3. The molecule has 1 aliphatic rings. The molecule has 0 amide bonds. The summed E-state index contributed by atoms with van der Waals surface area (Å²) in [5.41, 5.74) is 7.50. The molecule has 2 nitrogen and oxygen atoms in total. The van der Waals surface area contributed by atoms with E-state index < -0.39 is 0 Å². The van der Waals surface area contributed by atoms with Crippen LogP contribution in [0.1, 0.15) is 104 Å². The summed E-state index contributed by atoms with van der Waals surface area (Å²) in [6, 6.07) is 22.4. The van der Waals surface area contributed by atoms with Crippen LogP contribution in [0.15, 0.2) is 60.7 Å². The van der Waals surface area contributed by atoms with Crippen LogP contribution in [-0.2, 0) is 6.42 Å². The maximum absolute atomic E-state index is 4.50. The van der Waals surface area contributed by atoms with Crippen molar-refractivity contribution in [2.24, 2.45) is 11.7 Å². The van der Waals surface area contributed by atoms with Gasteiger partial charge in [0.25, 0.3) is 0 Å². The molecule has 2 unspecified atom stereocenters. The number of hydrogen-bond acceptors (Lipinski definition) is 2. The van der Waals surface area contributed by atoms with Gasteiger partial charge in [-0.2, -0.15) is 0 Å². The maximum Gasteiger partial charge on any atom is 0.00535 e. The summed E-state index contributed by atoms with van der Waals surface area (Å²) in [6.45, 7) is 16.0. The minimum Gasteiger partial charge on any atom is -0.333 e. The van der Waals surface area contributed by atoms with Gasteiger partial charge in [-0.15, -0.1) is 0 Å². The average Bonchev–Trinajstić information content (AvgIpc) is 3.36. The van der Waals surface area contributed by atoms with Crippen LogP contribution >= 0.6 is 0 Å². The topological polar surface area (TPSA) is 29.3 Å². The molecule has 1 saturated heterocycles. The van der Waals surface area contributed by atoms with E-state index in [1.54, 1.807) is 0 Å². The molecule has 1 aliphatic heterocycles. The van der Waals surface area contributed by atoms with Crippen molar-refractivity contribution in [2.45, 2.75) is 105 Å². The number of rotatable bonds is 9. The molecule has 0 aromatic heterocycles. The molecule has 0 radical (unpaired) electrons. The molecular formula is C32H56N2. The fraction of sp³-hybridized carbons (Fsp3) is 0.625. The SMILES string of the molecule is CC(C)N1CCC(c2ccccc2)C1.CCC.CCCCCCC(C)Cc1ccccc1.CN. The monoisotopic (exact) mass is 468 g/mol. The van der Waals surface area contributed by atoms with E-state index in [0.29, 0.717) is 6.04 Å². The normalized spacial score (nSPS) is 15.9. The van der Waals surface area contributed by atoms with Crippen molar-refractivity contribution < 1.29 is 0 Å². The Labute approximate surface area is 213 Å². The Morgan fingerprint density at radius 1 is 0.824 bits per heavy atom. The second-order valence-corrected chi connectivity index (χ2v) is 9.84. The largest absolute Gasteiger partial charge is 0.333 e. The summed E-state index contributed by atoms with van der Waals surface area (Å²) in [5, 5.41) is 0. The van der Waals surface area contributed by atoms with Crippen LogP contribution in [0.25, 0.3) is 0 Å². The van der Waals surface area contributed by atoms with Crippen molar-refractivity contribution in [3.8, 4) is 0 Å². The molecule has 1 fully saturated rings. The van der Waals surface area contributed by atoms with Gasteiger partial charge < -0.3 is 10.6 Å². The number of likely N-dealkylation sites (tertiary alicyclic amines) is 1. The number of hydrogen-bond donors (Lipinski definition) is 1. The molecule has 2 aromatic rings. The Morgan fingerprint density at radius 2 is 1.38 bits per heavy atom. The van der Waals surface area contributed by atoms with Gasteiger partial charge in [0.15, 0.2) is 0 Å². The Hall–Kier alpha value is -1.64. The predicted octanol–water partition coefficient (Wildman–Crippen LogP) is 8.71. The summed E-state index contributed by atoms with van der Waals surface area (Å²) in [7, 11) is 1.50. The lowest BCUT2D eigenvalue weighted by Gasteiger charge is -2.20. The Kier molecular flexibility index (Phi) is 20.8. The maximum atomic E-state index is 4.50. The molecule has 2 N–H and O–H groups in total. The third-order valence-electron chi connectivity index (χ3n) is 6.20. The smallest absolute Gasteiger partial charge is 0.00535 e. The molecule has 0 spiro atoms. The Morgan fingerprint density at radius 3 is 1.88 bits per heavy atom. The lowest BCUT2D eigenvalue weighted by molar-refractivity contribution is 0.272. The molecule has 0 aliphatic carbocycles. The Balaban J connectivity index is 0.000000540. The van der Waals surface area contributed by atoms with Gasteiger partial charge in [0, 0.05) is 12.6 Å². The standard InChI is InChI=1S/C15H24.C13H19N.C3H8.CH5N/c1-3-4-5-7-10-14(2)13-15-11-8-6-9-12-15;1-11(2)14-9-8-13(10-14)12-6-4-3-5-7-12;1-3-2;1-2/h6,8-9,11-12,14H,3-5,7,10,13H2,1-2H3;3-7,11,13H,8-10H2,1-2H3;3H2,1-2H3;2H2,1H3. The van der Waals surface area contributed by atoms with Crippen molar-refractivity contribution in [3.05, 3.63) is 71.8 Å². The van der Waals surface area contributed by atoms with E-state index >= 15 is 0 Å². The van der Waals surface area contributed by atoms with E-state index in [9.17, 15) is 0 Å². The molecule has 1 heterocycles. The first-order chi connectivity index (χ1) is 16.5. The van der Waals surface area contributed by atoms with Crippen LogP contribution in [0.3, 0.4) is 0 Å². The van der Waals surface area contributed by atoms with E-state index in [4.69, 9.17) is 0 Å². The summed E-state index contributed by atoms with van der Waals surface area (Å²) in [6.07, 6.45) is 10.8. The van der Waals surface area contributed by atoms with E-state index in [0.717, 1.165) is 11.8 Å². The summed E-state index contributed by atoms with van der Waals surface area (Å²) < 4.78 is 0. The van der Waals surface area contributed by atoms with E-state index in [1.807, 2.05) is 0 Å². The predicted molar refractivity (Wildman–Crippen MR) is 155 cm³/mol. The molecule has 194 valence electrons. The zero-order valence-corrected chi connectivity index (χ0v) is 23.6.